The number of rotatable bonds is 2. The van der Waals surface area contributed by atoms with Gasteiger partial charge in [0.05, 0.1) is 35.4 Å². The van der Waals surface area contributed by atoms with Crippen LogP contribution in [0.3, 0.4) is 0 Å². The number of aromatic nitrogens is 3. The highest BCUT2D eigenvalue weighted by Gasteiger charge is 2.36. The molecule has 7 rings (SSSR count). The summed E-state index contributed by atoms with van der Waals surface area (Å²) in [6, 6.07) is 23.8. The number of benzene rings is 3. The van der Waals surface area contributed by atoms with Gasteiger partial charge in [0.25, 0.3) is 5.56 Å². The number of hydrogen-bond donors (Lipinski definition) is 1. The normalized spacial score (nSPS) is 18.2. The molecule has 38 heavy (non-hydrogen) atoms. The molecule has 0 saturated heterocycles. The highest BCUT2D eigenvalue weighted by atomic mass is 16.5. The van der Waals surface area contributed by atoms with Crippen LogP contribution in [0.25, 0.3) is 22.0 Å². The number of ether oxygens (including phenoxy) is 1. The Labute approximate surface area is 219 Å². The van der Waals surface area contributed by atoms with Crippen LogP contribution in [0.15, 0.2) is 84.0 Å². The number of aryl methyl sites for hydroxylation is 1. The first-order chi connectivity index (χ1) is 18.5. The number of nitriles is 1. The van der Waals surface area contributed by atoms with Gasteiger partial charge in [-0.05, 0) is 71.5 Å². The number of pyridine rings is 1. The molecule has 186 valence electrons. The molecule has 3 heterocycles. The molecule has 0 spiro atoms. The molecule has 0 radical (unpaired) electrons. The highest BCUT2D eigenvalue weighted by molar-refractivity contribution is 5.95. The second-order valence-electron chi connectivity index (χ2n) is 10.2. The Morgan fingerprint density at radius 1 is 1.08 bits per heavy atom. The van der Waals surface area contributed by atoms with Gasteiger partial charge < -0.3 is 19.6 Å². The fourth-order valence-corrected chi connectivity index (χ4v) is 5.73. The number of hydrogen-bond acceptors (Lipinski definition) is 5. The highest BCUT2D eigenvalue weighted by Crippen LogP contribution is 2.41. The standard InChI is InChI=1S/C31H25N5O2/c1-35-18-34-16-29(35)31(33)22-6-5-20(15-32)21(11-22)17-38-25-4-2-3-19(12-25)26-14-30(37)36(24-8-9-24)28-10-7-23(31)13-27(26)28/h2-7,10-14,16,18,24H,8-9,17,33H2,1H3/t31-/m1/s1. The van der Waals surface area contributed by atoms with Crippen LogP contribution in [0.5, 0.6) is 5.75 Å². The Morgan fingerprint density at radius 2 is 1.89 bits per heavy atom. The van der Waals surface area contributed by atoms with Crippen LogP contribution >= 0.6 is 0 Å². The molecule has 1 aliphatic heterocycles. The minimum absolute atomic E-state index is 0.00523. The second-order valence-corrected chi connectivity index (χ2v) is 10.2. The van der Waals surface area contributed by atoms with E-state index < -0.39 is 5.54 Å². The van der Waals surface area contributed by atoms with Crippen molar-refractivity contribution < 1.29 is 4.74 Å². The summed E-state index contributed by atoms with van der Waals surface area (Å²) in [5.74, 6) is 0.664. The fraction of sp³-hybridized carbons (Fsp3) is 0.194. The number of nitrogens with zero attached hydrogens (tertiary/aromatic N) is 4. The van der Waals surface area contributed by atoms with Gasteiger partial charge in [-0.3, -0.25) is 4.79 Å². The predicted octanol–water partition coefficient (Wildman–Crippen LogP) is 4.75. The monoisotopic (exact) mass is 499 g/mol. The zero-order chi connectivity index (χ0) is 26.0. The summed E-state index contributed by atoms with van der Waals surface area (Å²) in [4.78, 5) is 17.7. The van der Waals surface area contributed by atoms with Gasteiger partial charge in [0.1, 0.15) is 17.9 Å². The third-order valence-corrected chi connectivity index (χ3v) is 7.86. The third-order valence-electron chi connectivity index (χ3n) is 7.86. The summed E-state index contributed by atoms with van der Waals surface area (Å²) in [5.41, 5.74) is 12.7. The minimum atomic E-state index is -1.08. The lowest BCUT2D eigenvalue weighted by Gasteiger charge is -2.32. The van der Waals surface area contributed by atoms with Crippen molar-refractivity contribution in [1.29, 1.82) is 5.26 Å². The van der Waals surface area contributed by atoms with Crippen LogP contribution in [0.4, 0.5) is 0 Å². The Hall–Kier alpha value is -4.67. The van der Waals surface area contributed by atoms with Gasteiger partial charge in [0.15, 0.2) is 0 Å². The van der Waals surface area contributed by atoms with Crippen molar-refractivity contribution in [1.82, 2.24) is 14.1 Å². The van der Waals surface area contributed by atoms with Crippen LogP contribution in [0.1, 0.15) is 46.8 Å². The molecule has 2 aromatic heterocycles. The van der Waals surface area contributed by atoms with Crippen LogP contribution in [0.2, 0.25) is 0 Å². The zero-order valence-electron chi connectivity index (χ0n) is 20.9. The molecular formula is C31H25N5O2. The van der Waals surface area contributed by atoms with Crippen molar-refractivity contribution in [2.75, 3.05) is 0 Å². The van der Waals surface area contributed by atoms with Gasteiger partial charge in [-0.25, -0.2) is 4.98 Å². The van der Waals surface area contributed by atoms with Gasteiger partial charge in [-0.15, -0.1) is 0 Å². The van der Waals surface area contributed by atoms with Crippen LogP contribution in [-0.4, -0.2) is 14.1 Å². The second kappa shape index (κ2) is 8.17. The SMILES string of the molecule is Cn1cncc1[C@@]1(N)c2ccc(C#N)c(c2)COc2cccc(c2)-c2cc(=O)n(C3CC3)c3ccc1cc23. The predicted molar refractivity (Wildman–Crippen MR) is 145 cm³/mol. The van der Waals surface area contributed by atoms with E-state index in [-0.39, 0.29) is 18.2 Å². The van der Waals surface area contributed by atoms with Gasteiger partial charge in [0.2, 0.25) is 0 Å². The molecule has 2 N–H and O–H groups in total. The number of imidazole rings is 1. The van der Waals surface area contributed by atoms with E-state index in [2.05, 4.69) is 17.1 Å². The van der Waals surface area contributed by atoms with Gasteiger partial charge in [0, 0.05) is 30.1 Å². The molecule has 3 aromatic carbocycles. The molecular weight excluding hydrogens is 474 g/mol. The van der Waals surface area contributed by atoms with Crippen molar-refractivity contribution in [3.8, 4) is 22.9 Å². The molecule has 2 aliphatic rings. The molecule has 1 fully saturated rings. The van der Waals surface area contributed by atoms with Gasteiger partial charge in [-0.2, -0.15) is 5.26 Å². The lowest BCUT2D eigenvalue weighted by Crippen LogP contribution is -2.41. The first kappa shape index (κ1) is 22.5. The summed E-state index contributed by atoms with van der Waals surface area (Å²) in [6.45, 7) is 0.206. The van der Waals surface area contributed by atoms with Crippen molar-refractivity contribution in [3.63, 3.8) is 0 Å². The van der Waals surface area contributed by atoms with Crippen LogP contribution in [0, 0.1) is 11.3 Å². The maximum absolute atomic E-state index is 13.4. The first-order valence-corrected chi connectivity index (χ1v) is 12.7. The first-order valence-electron chi connectivity index (χ1n) is 12.7. The molecule has 6 bridgehead atoms. The minimum Gasteiger partial charge on any atom is -0.489 e. The van der Waals surface area contributed by atoms with E-state index in [1.165, 1.54) is 0 Å². The Balaban J connectivity index is 1.61. The van der Waals surface area contributed by atoms with Crippen LogP contribution < -0.4 is 16.0 Å². The van der Waals surface area contributed by atoms with Crippen molar-refractivity contribution in [2.24, 2.45) is 12.8 Å². The Kier molecular flexibility index (Phi) is 4.84. The topological polar surface area (TPSA) is 98.9 Å². The van der Waals surface area contributed by atoms with E-state index in [0.717, 1.165) is 57.3 Å². The molecule has 1 atom stereocenters. The van der Waals surface area contributed by atoms with E-state index in [0.29, 0.717) is 11.3 Å². The molecule has 7 heteroatoms. The average molecular weight is 500 g/mol. The average Bonchev–Trinajstić information content (AvgIpc) is 3.68. The lowest BCUT2D eigenvalue weighted by atomic mass is 9.79. The van der Waals surface area contributed by atoms with Gasteiger partial charge in [-0.1, -0.05) is 24.3 Å². The summed E-state index contributed by atoms with van der Waals surface area (Å²) in [7, 11) is 1.92. The molecule has 1 saturated carbocycles. The summed E-state index contributed by atoms with van der Waals surface area (Å²) in [6.07, 6.45) is 5.53. The zero-order valence-corrected chi connectivity index (χ0v) is 20.9. The quantitative estimate of drug-likeness (QED) is 0.378. The Morgan fingerprint density at radius 3 is 2.66 bits per heavy atom. The van der Waals surface area contributed by atoms with Crippen molar-refractivity contribution in [2.45, 2.75) is 31.0 Å². The maximum Gasteiger partial charge on any atom is 0.251 e. The third kappa shape index (κ3) is 3.31. The smallest absolute Gasteiger partial charge is 0.251 e. The van der Waals surface area contributed by atoms with E-state index in [1.54, 1.807) is 24.7 Å². The van der Waals surface area contributed by atoms with E-state index in [1.807, 2.05) is 64.7 Å². The Bertz CT molecular complexity index is 1860. The fourth-order valence-electron chi connectivity index (χ4n) is 5.73. The molecule has 5 aromatic rings. The maximum atomic E-state index is 13.4. The van der Waals surface area contributed by atoms with E-state index in [9.17, 15) is 10.1 Å². The number of nitrogens with two attached hydrogens (primary N) is 1. The lowest BCUT2D eigenvalue weighted by molar-refractivity contribution is 0.306. The van der Waals surface area contributed by atoms with E-state index in [4.69, 9.17) is 10.5 Å². The van der Waals surface area contributed by atoms with Crippen molar-refractivity contribution in [3.05, 3.63) is 118 Å². The molecule has 1 aliphatic carbocycles. The van der Waals surface area contributed by atoms with Gasteiger partial charge >= 0.3 is 0 Å². The van der Waals surface area contributed by atoms with E-state index >= 15 is 0 Å². The van der Waals surface area contributed by atoms with Crippen LogP contribution in [-0.2, 0) is 19.2 Å². The largest absolute Gasteiger partial charge is 0.489 e. The summed E-state index contributed by atoms with van der Waals surface area (Å²) in [5, 5.41) is 10.8. The molecule has 0 amide bonds. The number of fused-ring (bicyclic) bond motifs is 6. The molecule has 7 nitrogen and oxygen atoms in total. The summed E-state index contributed by atoms with van der Waals surface area (Å²) >= 11 is 0. The summed E-state index contributed by atoms with van der Waals surface area (Å²) < 4.78 is 10.0. The van der Waals surface area contributed by atoms with Crippen molar-refractivity contribution >= 4 is 10.9 Å². The molecule has 0 unspecified atom stereocenters.